The molecule has 0 aromatic carbocycles. The molecule has 2 heterocycles. The Kier molecular flexibility index (Phi) is 5.22. The van der Waals surface area contributed by atoms with Crippen LogP contribution in [0.3, 0.4) is 0 Å². The van der Waals surface area contributed by atoms with Gasteiger partial charge in [-0.25, -0.2) is 9.78 Å². The van der Waals surface area contributed by atoms with Crippen molar-refractivity contribution in [2.45, 2.75) is 71.4 Å². The Hall–Kier alpha value is -2.31. The lowest BCUT2D eigenvalue weighted by molar-refractivity contribution is -0.125. The fraction of sp³-hybridized carbons (Fsp3) is 0.708. The van der Waals surface area contributed by atoms with E-state index in [9.17, 15) is 9.59 Å². The molecule has 1 N–H and O–H groups in total. The lowest BCUT2D eigenvalue weighted by Gasteiger charge is -2.29. The molecule has 1 aromatic heterocycles. The number of nitrogens with zero attached hydrogens (tertiary/aromatic N) is 2. The molecule has 1 saturated heterocycles. The van der Waals surface area contributed by atoms with E-state index in [2.05, 4.69) is 23.3 Å². The monoisotopic (exact) mass is 429 g/mol. The number of ether oxygens (including phenoxy) is 2. The smallest absolute Gasteiger partial charge is 0.410 e. The number of piperidine rings is 1. The Balaban J connectivity index is 1.30. The standard InChI is InChI=1S/C24H35N3O4/c1-22(2,3)31-21(29)27-12-17-18(24(17,6)13-27)19(28)26-23(4,5)14-30-20-16(15-9-10-15)8-7-11-25-20/h7-8,11,15,17-18H,9-10,12-14H2,1-6H3,(H,26,28)/t17-,18+,24?/m1/s1. The minimum Gasteiger partial charge on any atom is -0.475 e. The molecule has 170 valence electrons. The first-order valence-corrected chi connectivity index (χ1v) is 11.3. The van der Waals surface area contributed by atoms with Gasteiger partial charge >= 0.3 is 6.09 Å². The van der Waals surface area contributed by atoms with Crippen molar-refractivity contribution in [1.29, 1.82) is 0 Å². The van der Waals surface area contributed by atoms with Crippen molar-refractivity contribution < 1.29 is 19.1 Å². The fourth-order valence-corrected chi connectivity index (χ4v) is 4.78. The number of likely N-dealkylation sites (tertiary alicyclic amines) is 1. The summed E-state index contributed by atoms with van der Waals surface area (Å²) in [4.78, 5) is 31.5. The Labute approximate surface area is 184 Å². The van der Waals surface area contributed by atoms with E-state index in [0.29, 0.717) is 31.5 Å². The lowest BCUT2D eigenvalue weighted by atomic mass is 10.0. The summed E-state index contributed by atoms with van der Waals surface area (Å²) in [6, 6.07) is 4.02. The predicted octanol–water partition coefficient (Wildman–Crippen LogP) is 3.74. The maximum atomic E-state index is 13.0. The van der Waals surface area contributed by atoms with Crippen molar-refractivity contribution in [3.05, 3.63) is 23.9 Å². The Morgan fingerprint density at radius 1 is 1.26 bits per heavy atom. The van der Waals surface area contributed by atoms with E-state index in [4.69, 9.17) is 9.47 Å². The van der Waals surface area contributed by atoms with Crippen molar-refractivity contribution in [1.82, 2.24) is 15.2 Å². The van der Waals surface area contributed by atoms with Crippen LogP contribution in [0.25, 0.3) is 0 Å². The van der Waals surface area contributed by atoms with Crippen LogP contribution in [0, 0.1) is 17.3 Å². The van der Waals surface area contributed by atoms with Crippen LogP contribution in [-0.4, -0.2) is 52.7 Å². The van der Waals surface area contributed by atoms with Gasteiger partial charge < -0.3 is 19.7 Å². The molecule has 1 aliphatic heterocycles. The van der Waals surface area contributed by atoms with Crippen LogP contribution in [0.1, 0.15) is 65.9 Å². The summed E-state index contributed by atoms with van der Waals surface area (Å²) >= 11 is 0. The number of amides is 2. The molecule has 2 aliphatic carbocycles. The molecule has 0 spiro atoms. The second-order valence-corrected chi connectivity index (χ2v) is 11.3. The average molecular weight is 430 g/mol. The minimum absolute atomic E-state index is 0.0355. The van der Waals surface area contributed by atoms with Crippen LogP contribution in [0.4, 0.5) is 4.79 Å². The zero-order valence-corrected chi connectivity index (χ0v) is 19.5. The van der Waals surface area contributed by atoms with Crippen LogP contribution < -0.4 is 10.1 Å². The van der Waals surface area contributed by atoms with Crippen molar-refractivity contribution >= 4 is 12.0 Å². The molecule has 7 nitrogen and oxygen atoms in total. The summed E-state index contributed by atoms with van der Waals surface area (Å²) in [6.45, 7) is 13.1. The Morgan fingerprint density at radius 3 is 2.55 bits per heavy atom. The molecule has 31 heavy (non-hydrogen) atoms. The van der Waals surface area contributed by atoms with Gasteiger partial charge in [0.15, 0.2) is 0 Å². The van der Waals surface area contributed by atoms with E-state index in [1.165, 1.54) is 12.8 Å². The van der Waals surface area contributed by atoms with Gasteiger partial charge in [0.2, 0.25) is 11.8 Å². The molecule has 3 fully saturated rings. The predicted molar refractivity (Wildman–Crippen MR) is 117 cm³/mol. The van der Waals surface area contributed by atoms with Crippen molar-refractivity contribution in [2.24, 2.45) is 17.3 Å². The maximum absolute atomic E-state index is 13.0. The third-order valence-corrected chi connectivity index (χ3v) is 6.58. The summed E-state index contributed by atoms with van der Waals surface area (Å²) in [5.41, 5.74) is -0.0551. The number of hydrogen-bond donors (Lipinski definition) is 1. The number of aromatic nitrogens is 1. The van der Waals surface area contributed by atoms with Crippen molar-refractivity contribution in [2.75, 3.05) is 19.7 Å². The SMILES string of the molecule is CC(C)(COc1ncccc1C1CC1)NC(=O)[C@@H]1[C@H]2CN(C(=O)OC(C)(C)C)CC21C. The Bertz CT molecular complexity index is 874. The molecule has 2 saturated carbocycles. The molecule has 3 atom stereocenters. The molecule has 0 bridgehead atoms. The van der Waals surface area contributed by atoms with Crippen LogP contribution in [0.5, 0.6) is 5.88 Å². The van der Waals surface area contributed by atoms with Gasteiger partial charge in [-0.3, -0.25) is 4.79 Å². The van der Waals surface area contributed by atoms with E-state index >= 15 is 0 Å². The zero-order chi connectivity index (χ0) is 22.6. The quantitative estimate of drug-likeness (QED) is 0.745. The molecular formula is C24H35N3O4. The van der Waals surface area contributed by atoms with Gasteiger partial charge in [-0.2, -0.15) is 0 Å². The highest BCUT2D eigenvalue weighted by Gasteiger charge is 2.70. The average Bonchev–Trinajstić information content (AvgIpc) is 3.55. The van der Waals surface area contributed by atoms with Crippen LogP contribution in [0.15, 0.2) is 18.3 Å². The molecule has 1 aromatic rings. The molecule has 0 radical (unpaired) electrons. The second kappa shape index (κ2) is 7.38. The number of pyridine rings is 1. The molecular weight excluding hydrogens is 394 g/mol. The van der Waals surface area contributed by atoms with E-state index in [0.717, 1.165) is 5.56 Å². The number of nitrogens with one attached hydrogen (secondary N) is 1. The number of carbonyl (C=O) groups excluding carboxylic acids is 2. The van der Waals surface area contributed by atoms with E-state index in [-0.39, 0.29) is 29.3 Å². The molecule has 7 heteroatoms. The van der Waals surface area contributed by atoms with Crippen molar-refractivity contribution in [3.8, 4) is 5.88 Å². The van der Waals surface area contributed by atoms with Gasteiger partial charge in [0.25, 0.3) is 0 Å². The molecule has 3 aliphatic rings. The first-order chi connectivity index (χ1) is 14.4. The largest absolute Gasteiger partial charge is 0.475 e. The number of carbonyl (C=O) groups is 2. The topological polar surface area (TPSA) is 80.8 Å². The highest BCUT2D eigenvalue weighted by Crippen LogP contribution is 2.63. The van der Waals surface area contributed by atoms with Gasteiger partial charge in [-0.05, 0) is 65.4 Å². The van der Waals surface area contributed by atoms with E-state index in [1.54, 1.807) is 11.1 Å². The van der Waals surface area contributed by atoms with Gasteiger partial charge in [-0.1, -0.05) is 13.0 Å². The van der Waals surface area contributed by atoms with Gasteiger partial charge in [0, 0.05) is 30.3 Å². The summed E-state index contributed by atoms with van der Waals surface area (Å²) in [7, 11) is 0. The summed E-state index contributed by atoms with van der Waals surface area (Å²) < 4.78 is 11.5. The third kappa shape index (κ3) is 4.65. The Morgan fingerprint density at radius 2 is 1.97 bits per heavy atom. The number of rotatable bonds is 6. The summed E-state index contributed by atoms with van der Waals surface area (Å²) in [6.07, 6.45) is 3.82. The van der Waals surface area contributed by atoms with Gasteiger partial charge in [0.05, 0.1) is 11.5 Å². The fourth-order valence-electron chi connectivity index (χ4n) is 4.78. The minimum atomic E-state index is -0.520. The first-order valence-electron chi connectivity index (χ1n) is 11.3. The zero-order valence-electron chi connectivity index (χ0n) is 19.5. The normalized spacial score (nSPS) is 27.5. The summed E-state index contributed by atoms with van der Waals surface area (Å²) in [5.74, 6) is 1.36. The highest BCUT2D eigenvalue weighted by molar-refractivity contribution is 5.85. The number of fused-ring (bicyclic) bond motifs is 1. The molecule has 4 rings (SSSR count). The molecule has 1 unspecified atom stereocenters. The first kappa shape index (κ1) is 21.9. The van der Waals surface area contributed by atoms with E-state index in [1.807, 2.05) is 40.7 Å². The second-order valence-electron chi connectivity index (χ2n) is 11.3. The van der Waals surface area contributed by atoms with E-state index < -0.39 is 11.1 Å². The van der Waals surface area contributed by atoms with Crippen LogP contribution in [-0.2, 0) is 9.53 Å². The maximum Gasteiger partial charge on any atom is 0.410 e. The van der Waals surface area contributed by atoms with Crippen molar-refractivity contribution in [3.63, 3.8) is 0 Å². The lowest BCUT2D eigenvalue weighted by Crippen LogP contribution is -2.50. The van der Waals surface area contributed by atoms with Gasteiger partial charge in [0.1, 0.15) is 12.2 Å². The summed E-state index contributed by atoms with van der Waals surface area (Å²) in [5, 5.41) is 3.16. The number of hydrogen-bond acceptors (Lipinski definition) is 5. The van der Waals surface area contributed by atoms with Gasteiger partial charge in [-0.15, -0.1) is 0 Å². The third-order valence-electron chi connectivity index (χ3n) is 6.58. The van der Waals surface area contributed by atoms with Crippen LogP contribution in [0.2, 0.25) is 0 Å². The highest BCUT2D eigenvalue weighted by atomic mass is 16.6. The molecule has 2 amide bonds. The van der Waals surface area contributed by atoms with Crippen LogP contribution >= 0.6 is 0 Å².